The van der Waals surface area contributed by atoms with E-state index in [1.807, 2.05) is 0 Å². The zero-order valence-electron chi connectivity index (χ0n) is 12.1. The maximum atomic E-state index is 11.4. The number of carbonyl (C=O) groups is 1. The van der Waals surface area contributed by atoms with E-state index in [4.69, 9.17) is 11.6 Å². The summed E-state index contributed by atoms with van der Waals surface area (Å²) in [6.07, 6.45) is 0.328. The van der Waals surface area contributed by atoms with Gasteiger partial charge in [0.1, 0.15) is 0 Å². The summed E-state index contributed by atoms with van der Waals surface area (Å²) < 4.78 is 0. The van der Waals surface area contributed by atoms with Crippen LogP contribution in [0, 0.1) is 20.8 Å². The highest BCUT2D eigenvalue weighted by Crippen LogP contribution is 2.31. The summed E-state index contributed by atoms with van der Waals surface area (Å²) in [7, 11) is 0. The molecule has 20 heavy (non-hydrogen) atoms. The first-order chi connectivity index (χ1) is 9.47. The summed E-state index contributed by atoms with van der Waals surface area (Å²) in [4.78, 5) is 11.4. The fraction of sp³-hybridized carbons (Fsp3) is 0.278. The van der Waals surface area contributed by atoms with Gasteiger partial charge in [-0.05, 0) is 49.1 Å². The molecule has 0 fully saturated rings. The third kappa shape index (κ3) is 3.49. The van der Waals surface area contributed by atoms with Gasteiger partial charge in [0.15, 0.2) is 0 Å². The Hall–Kier alpha value is -1.60. The van der Waals surface area contributed by atoms with E-state index < -0.39 is 0 Å². The summed E-state index contributed by atoms with van der Waals surface area (Å²) in [5, 5.41) is -0.295. The van der Waals surface area contributed by atoms with Gasteiger partial charge in [-0.25, -0.2) is 0 Å². The van der Waals surface area contributed by atoms with Gasteiger partial charge in [0, 0.05) is 12.3 Å². The molecule has 0 N–H and O–H groups in total. The second kappa shape index (κ2) is 6.23. The van der Waals surface area contributed by atoms with Crippen LogP contribution in [0.5, 0.6) is 0 Å². The normalized spacial score (nSPS) is 12.2. The van der Waals surface area contributed by atoms with E-state index >= 15 is 0 Å². The van der Waals surface area contributed by atoms with Crippen LogP contribution in [0.1, 0.15) is 40.2 Å². The summed E-state index contributed by atoms with van der Waals surface area (Å²) >= 11 is 5.66. The number of halogens is 1. The number of hydrogen-bond acceptors (Lipinski definition) is 1. The molecular formula is C18H19ClO. The zero-order valence-corrected chi connectivity index (χ0v) is 12.9. The van der Waals surface area contributed by atoms with E-state index in [0.717, 1.165) is 5.56 Å². The van der Waals surface area contributed by atoms with Crippen LogP contribution in [0.2, 0.25) is 0 Å². The van der Waals surface area contributed by atoms with Crippen LogP contribution < -0.4 is 0 Å². The lowest BCUT2D eigenvalue weighted by atomic mass is 9.85. The zero-order chi connectivity index (χ0) is 14.7. The first-order valence-corrected chi connectivity index (χ1v) is 7.17. The van der Waals surface area contributed by atoms with E-state index in [-0.39, 0.29) is 11.2 Å². The summed E-state index contributed by atoms with van der Waals surface area (Å²) in [6.45, 7) is 6.20. The lowest BCUT2D eigenvalue weighted by Gasteiger charge is -2.19. The standard InChI is InChI=1S/C18H19ClO/c1-12-5-8-15(9-6-12)17(11-18(19)20)16-10-13(2)4-7-14(16)3/h4-10,17H,11H2,1-3H3. The van der Waals surface area contributed by atoms with Crippen LogP contribution in [-0.2, 0) is 4.79 Å². The van der Waals surface area contributed by atoms with Crippen LogP contribution in [0.3, 0.4) is 0 Å². The van der Waals surface area contributed by atoms with Gasteiger partial charge in [0.2, 0.25) is 5.24 Å². The maximum Gasteiger partial charge on any atom is 0.222 e. The van der Waals surface area contributed by atoms with E-state index in [9.17, 15) is 4.79 Å². The summed E-state index contributed by atoms with van der Waals surface area (Å²) in [6, 6.07) is 14.7. The largest absolute Gasteiger partial charge is 0.281 e. The first kappa shape index (κ1) is 14.8. The number of rotatable bonds is 4. The SMILES string of the molecule is Cc1ccc(C(CC(=O)Cl)c2cc(C)ccc2C)cc1. The number of benzene rings is 2. The number of hydrogen-bond donors (Lipinski definition) is 0. The van der Waals surface area contributed by atoms with Gasteiger partial charge in [-0.3, -0.25) is 4.79 Å². The Morgan fingerprint density at radius 3 is 2.20 bits per heavy atom. The molecule has 0 saturated heterocycles. The minimum atomic E-state index is -0.295. The van der Waals surface area contributed by atoms with Gasteiger partial charge in [-0.2, -0.15) is 0 Å². The van der Waals surface area contributed by atoms with E-state index in [1.54, 1.807) is 0 Å². The van der Waals surface area contributed by atoms with Gasteiger partial charge in [-0.15, -0.1) is 0 Å². The van der Waals surface area contributed by atoms with Crippen molar-refractivity contribution in [1.82, 2.24) is 0 Å². The lowest BCUT2D eigenvalue weighted by Crippen LogP contribution is -2.07. The van der Waals surface area contributed by atoms with Crippen molar-refractivity contribution in [2.24, 2.45) is 0 Å². The lowest BCUT2D eigenvalue weighted by molar-refractivity contribution is -0.111. The highest BCUT2D eigenvalue weighted by Gasteiger charge is 2.19. The van der Waals surface area contributed by atoms with Crippen molar-refractivity contribution in [2.75, 3.05) is 0 Å². The maximum absolute atomic E-state index is 11.4. The second-order valence-electron chi connectivity index (χ2n) is 5.38. The molecule has 0 aliphatic rings. The number of aryl methyl sites for hydroxylation is 3. The average Bonchev–Trinajstić information content (AvgIpc) is 2.40. The molecule has 0 radical (unpaired) electrons. The quantitative estimate of drug-likeness (QED) is 0.731. The Morgan fingerprint density at radius 1 is 1.00 bits per heavy atom. The predicted octanol–water partition coefficient (Wildman–Crippen LogP) is 4.90. The molecule has 0 aliphatic heterocycles. The highest BCUT2D eigenvalue weighted by atomic mass is 35.5. The predicted molar refractivity (Wildman–Crippen MR) is 84.4 cm³/mol. The van der Waals surface area contributed by atoms with E-state index in [0.29, 0.717) is 6.42 Å². The van der Waals surface area contributed by atoms with Crippen molar-refractivity contribution in [2.45, 2.75) is 33.1 Å². The molecule has 2 rings (SSSR count). The van der Waals surface area contributed by atoms with Gasteiger partial charge in [0.05, 0.1) is 0 Å². The third-order valence-corrected chi connectivity index (χ3v) is 3.81. The Morgan fingerprint density at radius 2 is 1.60 bits per heavy atom. The molecular weight excluding hydrogens is 268 g/mol. The molecule has 0 spiro atoms. The van der Waals surface area contributed by atoms with E-state index in [2.05, 4.69) is 63.2 Å². The molecule has 104 valence electrons. The topological polar surface area (TPSA) is 17.1 Å². The molecule has 2 heteroatoms. The molecule has 0 amide bonds. The van der Waals surface area contributed by atoms with Gasteiger partial charge >= 0.3 is 0 Å². The molecule has 1 atom stereocenters. The van der Waals surface area contributed by atoms with Crippen molar-refractivity contribution in [3.63, 3.8) is 0 Å². The monoisotopic (exact) mass is 286 g/mol. The Kier molecular flexibility index (Phi) is 4.61. The molecule has 0 saturated carbocycles. The average molecular weight is 287 g/mol. The Bertz CT molecular complexity index is 614. The molecule has 2 aromatic rings. The summed E-state index contributed by atoms with van der Waals surface area (Å²) in [5.74, 6) is 0.0282. The molecule has 0 aliphatic carbocycles. The van der Waals surface area contributed by atoms with E-state index in [1.165, 1.54) is 22.3 Å². The summed E-state index contributed by atoms with van der Waals surface area (Å²) in [5.41, 5.74) is 5.93. The first-order valence-electron chi connectivity index (χ1n) is 6.79. The van der Waals surface area contributed by atoms with Crippen LogP contribution >= 0.6 is 11.6 Å². The fourth-order valence-electron chi connectivity index (χ4n) is 2.50. The Labute approximate surface area is 125 Å². The van der Waals surface area contributed by atoms with Crippen molar-refractivity contribution >= 4 is 16.8 Å². The van der Waals surface area contributed by atoms with Crippen molar-refractivity contribution in [3.05, 3.63) is 70.3 Å². The Balaban J connectivity index is 2.49. The van der Waals surface area contributed by atoms with Crippen LogP contribution in [0.25, 0.3) is 0 Å². The fourth-order valence-corrected chi connectivity index (χ4v) is 2.66. The minimum absolute atomic E-state index is 0.0282. The van der Waals surface area contributed by atoms with Crippen LogP contribution in [0.15, 0.2) is 42.5 Å². The molecule has 0 aromatic heterocycles. The molecule has 0 heterocycles. The highest BCUT2D eigenvalue weighted by molar-refractivity contribution is 6.63. The van der Waals surface area contributed by atoms with Gasteiger partial charge < -0.3 is 0 Å². The molecule has 0 bridgehead atoms. The number of carbonyl (C=O) groups excluding carboxylic acids is 1. The molecule has 1 nitrogen and oxygen atoms in total. The molecule has 1 unspecified atom stereocenters. The van der Waals surface area contributed by atoms with Crippen molar-refractivity contribution < 1.29 is 4.79 Å². The third-order valence-electron chi connectivity index (χ3n) is 3.65. The van der Waals surface area contributed by atoms with Crippen LogP contribution in [-0.4, -0.2) is 5.24 Å². The van der Waals surface area contributed by atoms with Gasteiger partial charge in [-0.1, -0.05) is 53.6 Å². The second-order valence-corrected chi connectivity index (χ2v) is 5.80. The van der Waals surface area contributed by atoms with Crippen LogP contribution in [0.4, 0.5) is 0 Å². The van der Waals surface area contributed by atoms with Crippen molar-refractivity contribution in [1.29, 1.82) is 0 Å². The smallest absolute Gasteiger partial charge is 0.222 e. The van der Waals surface area contributed by atoms with Gasteiger partial charge in [0.25, 0.3) is 0 Å². The van der Waals surface area contributed by atoms with Crippen molar-refractivity contribution in [3.8, 4) is 0 Å². The molecule has 2 aromatic carbocycles. The minimum Gasteiger partial charge on any atom is -0.281 e.